The third-order valence-corrected chi connectivity index (χ3v) is 2.67. The van der Waals surface area contributed by atoms with Gasteiger partial charge in [0.25, 0.3) is 0 Å². The molecule has 0 saturated heterocycles. The Hall–Kier alpha value is -2.37. The second kappa shape index (κ2) is 5.31. The summed E-state index contributed by atoms with van der Waals surface area (Å²) in [4.78, 5) is 34.4. The van der Waals surface area contributed by atoms with Crippen LogP contribution in [0.5, 0.6) is 0 Å². The molecule has 0 bridgehead atoms. The predicted octanol–water partition coefficient (Wildman–Crippen LogP) is 0.186. The highest BCUT2D eigenvalue weighted by atomic mass is 16.4. The number of carboxylic acids is 2. The number of carboxylic acid groups (broad SMARTS) is 2. The Bertz CT molecular complexity index is 451. The Kier molecular flexibility index (Phi) is 4.04. The van der Waals surface area contributed by atoms with Gasteiger partial charge in [-0.1, -0.05) is 30.4 Å². The van der Waals surface area contributed by atoms with Crippen molar-refractivity contribution in [2.45, 2.75) is 0 Å². The molecule has 1 aliphatic carbocycles. The number of hydrogen-bond donors (Lipinski definition) is 3. The molecule has 2 atom stereocenters. The van der Waals surface area contributed by atoms with Crippen LogP contribution in [0.25, 0.3) is 0 Å². The summed E-state index contributed by atoms with van der Waals surface area (Å²) in [7, 11) is 0. The molecule has 0 saturated carbocycles. The Morgan fingerprint density at radius 3 is 2.50 bits per heavy atom. The molecule has 1 rings (SSSR count). The molecule has 3 N–H and O–H groups in total. The normalized spacial score (nSPS) is 25.4. The number of carbonyl (C=O) groups is 3. The number of hydrogen-bond acceptors (Lipinski definition) is 3. The molecule has 0 heterocycles. The summed E-state index contributed by atoms with van der Waals surface area (Å²) in [6.07, 6.45) is 6.41. The first-order valence-electron chi connectivity index (χ1n) is 5.18. The largest absolute Gasteiger partial charge is 0.481 e. The maximum Gasteiger partial charge on any atom is 0.324 e. The lowest BCUT2D eigenvalue weighted by molar-refractivity contribution is -0.162. The summed E-state index contributed by atoms with van der Waals surface area (Å²) >= 11 is 0. The van der Waals surface area contributed by atoms with Gasteiger partial charge in [-0.25, -0.2) is 0 Å². The van der Waals surface area contributed by atoms with E-state index < -0.39 is 29.2 Å². The summed E-state index contributed by atoms with van der Waals surface area (Å²) in [6.45, 7) is 3.46. The molecule has 0 spiro atoms. The van der Waals surface area contributed by atoms with Crippen LogP contribution < -0.4 is 5.32 Å². The van der Waals surface area contributed by atoms with Crippen molar-refractivity contribution in [2.24, 2.45) is 11.3 Å². The molecule has 1 amide bonds. The Morgan fingerprint density at radius 1 is 1.33 bits per heavy atom. The quantitative estimate of drug-likeness (QED) is 0.478. The molecule has 18 heavy (non-hydrogen) atoms. The highest BCUT2D eigenvalue weighted by Gasteiger charge is 2.53. The molecule has 96 valence electrons. The Balaban J connectivity index is 3.20. The SMILES string of the molecule is C=CCNC(=O)C1(C(=O)O)C=CC=CC1C(=O)O. The van der Waals surface area contributed by atoms with E-state index in [1.165, 1.54) is 24.3 Å². The molecule has 0 aromatic rings. The molecule has 0 aromatic heterocycles. The highest BCUT2D eigenvalue weighted by Crippen LogP contribution is 2.34. The van der Waals surface area contributed by atoms with Gasteiger partial charge >= 0.3 is 11.9 Å². The van der Waals surface area contributed by atoms with Crippen molar-refractivity contribution < 1.29 is 24.6 Å². The smallest absolute Gasteiger partial charge is 0.324 e. The van der Waals surface area contributed by atoms with Crippen molar-refractivity contribution in [2.75, 3.05) is 6.54 Å². The lowest BCUT2D eigenvalue weighted by atomic mass is 9.72. The van der Waals surface area contributed by atoms with Gasteiger partial charge in [0.15, 0.2) is 5.41 Å². The molecule has 0 radical (unpaired) electrons. The zero-order valence-corrected chi connectivity index (χ0v) is 9.50. The predicted molar refractivity (Wildman–Crippen MR) is 62.7 cm³/mol. The topological polar surface area (TPSA) is 104 Å². The first kappa shape index (κ1) is 13.7. The van der Waals surface area contributed by atoms with E-state index in [1.54, 1.807) is 0 Å². The van der Waals surface area contributed by atoms with Crippen LogP contribution in [0, 0.1) is 11.3 Å². The minimum atomic E-state index is -2.12. The fourth-order valence-corrected chi connectivity index (χ4v) is 1.74. The average Bonchev–Trinajstić information content (AvgIpc) is 2.35. The van der Waals surface area contributed by atoms with Crippen LogP contribution in [-0.2, 0) is 14.4 Å². The lowest BCUT2D eigenvalue weighted by Crippen LogP contribution is -2.52. The second-order valence-electron chi connectivity index (χ2n) is 3.73. The van der Waals surface area contributed by atoms with E-state index >= 15 is 0 Å². The summed E-state index contributed by atoms with van der Waals surface area (Å²) in [5.74, 6) is -5.18. The number of rotatable bonds is 5. The molecule has 0 aromatic carbocycles. The van der Waals surface area contributed by atoms with Crippen LogP contribution in [0.1, 0.15) is 0 Å². The molecule has 6 nitrogen and oxygen atoms in total. The van der Waals surface area contributed by atoms with Gasteiger partial charge in [0.05, 0.1) is 0 Å². The monoisotopic (exact) mass is 251 g/mol. The molecule has 0 fully saturated rings. The van der Waals surface area contributed by atoms with Gasteiger partial charge in [-0.2, -0.15) is 0 Å². The zero-order valence-electron chi connectivity index (χ0n) is 9.50. The number of carbonyl (C=O) groups excluding carboxylic acids is 1. The average molecular weight is 251 g/mol. The first-order chi connectivity index (χ1) is 8.46. The number of nitrogens with one attached hydrogen (secondary N) is 1. The van der Waals surface area contributed by atoms with Crippen molar-refractivity contribution in [3.63, 3.8) is 0 Å². The van der Waals surface area contributed by atoms with E-state index in [9.17, 15) is 19.5 Å². The fraction of sp³-hybridized carbons (Fsp3) is 0.250. The lowest BCUT2D eigenvalue weighted by Gasteiger charge is -2.30. The fourth-order valence-electron chi connectivity index (χ4n) is 1.74. The third-order valence-electron chi connectivity index (χ3n) is 2.67. The van der Waals surface area contributed by atoms with E-state index in [-0.39, 0.29) is 6.54 Å². The minimum absolute atomic E-state index is 0.0672. The molecular weight excluding hydrogens is 238 g/mol. The van der Waals surface area contributed by atoms with Crippen LogP contribution >= 0.6 is 0 Å². The van der Waals surface area contributed by atoms with Gasteiger partial charge in [-0.15, -0.1) is 6.58 Å². The summed E-state index contributed by atoms with van der Waals surface area (Å²) in [5, 5.41) is 20.6. The number of amides is 1. The van der Waals surface area contributed by atoms with Crippen LogP contribution in [0.3, 0.4) is 0 Å². The van der Waals surface area contributed by atoms with Crippen molar-refractivity contribution in [3.05, 3.63) is 37.0 Å². The molecule has 2 unspecified atom stereocenters. The van der Waals surface area contributed by atoms with Crippen molar-refractivity contribution in [1.29, 1.82) is 0 Å². The van der Waals surface area contributed by atoms with Gasteiger partial charge in [-0.3, -0.25) is 14.4 Å². The molecular formula is C12H13NO5. The van der Waals surface area contributed by atoms with Gasteiger partial charge in [0, 0.05) is 6.54 Å². The summed E-state index contributed by atoms with van der Waals surface area (Å²) in [5.41, 5.74) is -2.12. The van der Waals surface area contributed by atoms with Crippen LogP contribution in [0.2, 0.25) is 0 Å². The van der Waals surface area contributed by atoms with Crippen molar-refractivity contribution >= 4 is 17.8 Å². The van der Waals surface area contributed by atoms with Crippen LogP contribution in [-0.4, -0.2) is 34.6 Å². The summed E-state index contributed by atoms with van der Waals surface area (Å²) < 4.78 is 0. The van der Waals surface area contributed by atoms with E-state index in [0.717, 1.165) is 6.08 Å². The Labute approximate surface area is 103 Å². The Morgan fingerprint density at radius 2 is 2.00 bits per heavy atom. The number of aliphatic carboxylic acids is 2. The minimum Gasteiger partial charge on any atom is -0.481 e. The van der Waals surface area contributed by atoms with E-state index in [4.69, 9.17) is 5.11 Å². The zero-order chi connectivity index (χ0) is 13.8. The summed E-state index contributed by atoms with van der Waals surface area (Å²) in [6, 6.07) is 0. The third kappa shape index (κ3) is 2.17. The molecule has 0 aliphatic heterocycles. The first-order valence-corrected chi connectivity index (χ1v) is 5.18. The standard InChI is InChI=1S/C12H13NO5/c1-2-7-13-10(16)12(11(17)18)6-4-3-5-8(12)9(14)15/h2-6,8H,1,7H2,(H,13,16)(H,14,15)(H,17,18). The van der Waals surface area contributed by atoms with Gasteiger partial charge in [0.1, 0.15) is 5.92 Å². The van der Waals surface area contributed by atoms with Gasteiger partial charge in [-0.05, 0) is 0 Å². The van der Waals surface area contributed by atoms with E-state index in [2.05, 4.69) is 11.9 Å². The van der Waals surface area contributed by atoms with Crippen molar-refractivity contribution in [1.82, 2.24) is 5.32 Å². The highest BCUT2D eigenvalue weighted by molar-refractivity contribution is 6.08. The van der Waals surface area contributed by atoms with Crippen LogP contribution in [0.15, 0.2) is 37.0 Å². The van der Waals surface area contributed by atoms with Gasteiger partial charge < -0.3 is 15.5 Å². The van der Waals surface area contributed by atoms with E-state index in [1.807, 2.05) is 0 Å². The second-order valence-corrected chi connectivity index (χ2v) is 3.73. The maximum absolute atomic E-state index is 11.9. The molecule has 1 aliphatic rings. The van der Waals surface area contributed by atoms with Crippen molar-refractivity contribution in [3.8, 4) is 0 Å². The van der Waals surface area contributed by atoms with Gasteiger partial charge in [0.2, 0.25) is 5.91 Å². The maximum atomic E-state index is 11.9. The van der Waals surface area contributed by atoms with E-state index in [0.29, 0.717) is 0 Å². The number of allylic oxidation sites excluding steroid dienone is 2. The van der Waals surface area contributed by atoms with Crippen LogP contribution in [0.4, 0.5) is 0 Å². The molecule has 6 heteroatoms.